The summed E-state index contributed by atoms with van der Waals surface area (Å²) in [5.74, 6) is -0.195. The summed E-state index contributed by atoms with van der Waals surface area (Å²) >= 11 is 1.10. The molecule has 0 spiro atoms. The molecule has 0 aliphatic heterocycles. The van der Waals surface area contributed by atoms with E-state index >= 15 is 0 Å². The van der Waals surface area contributed by atoms with Crippen molar-refractivity contribution in [2.24, 2.45) is 0 Å². The molecule has 1 heterocycles. The molecule has 0 radical (unpaired) electrons. The van der Waals surface area contributed by atoms with Crippen LogP contribution in [0.25, 0.3) is 0 Å². The summed E-state index contributed by atoms with van der Waals surface area (Å²) < 4.78 is 1.45. The summed E-state index contributed by atoms with van der Waals surface area (Å²) in [7, 11) is 0. The first-order valence-electron chi connectivity index (χ1n) is 6.20. The Kier molecular flexibility index (Phi) is 4.70. The summed E-state index contributed by atoms with van der Waals surface area (Å²) in [6.45, 7) is 2.26. The number of hydrogen-bond donors (Lipinski definition) is 2. The molecule has 6 heteroatoms. The van der Waals surface area contributed by atoms with E-state index < -0.39 is 0 Å². The molecule has 0 saturated carbocycles. The lowest BCUT2D eigenvalue weighted by Crippen LogP contribution is -2.30. The number of aromatic nitrogens is 1. The fraction of sp³-hybridized carbons (Fsp3) is 0.286. The molecule has 1 amide bonds. The number of thiazole rings is 1. The first-order chi connectivity index (χ1) is 9.60. The first-order valence-corrected chi connectivity index (χ1v) is 7.08. The fourth-order valence-electron chi connectivity index (χ4n) is 1.76. The molecule has 0 atom stereocenters. The molecular formula is C14H16N2O3S. The number of nitrogens with one attached hydrogen (secondary N) is 1. The molecule has 0 fully saturated rings. The van der Waals surface area contributed by atoms with E-state index in [9.17, 15) is 9.59 Å². The maximum atomic E-state index is 11.8. The third-order valence-electron chi connectivity index (χ3n) is 2.97. The Hall–Kier alpha value is -1.92. The second kappa shape index (κ2) is 6.49. The van der Waals surface area contributed by atoms with Gasteiger partial charge in [0.05, 0.1) is 6.61 Å². The molecule has 2 N–H and O–H groups in total. The third-order valence-corrected chi connectivity index (χ3v) is 3.85. The predicted octanol–water partition coefficient (Wildman–Crippen LogP) is 1.03. The highest BCUT2D eigenvalue weighted by atomic mass is 32.1. The van der Waals surface area contributed by atoms with Crippen molar-refractivity contribution in [1.29, 1.82) is 0 Å². The quantitative estimate of drug-likeness (QED) is 0.864. The van der Waals surface area contributed by atoms with Gasteiger partial charge in [0.1, 0.15) is 6.54 Å². The molecule has 5 nitrogen and oxygen atoms in total. The van der Waals surface area contributed by atoms with Crippen LogP contribution < -0.4 is 10.2 Å². The fourth-order valence-corrected chi connectivity index (χ4v) is 2.49. The van der Waals surface area contributed by atoms with Crippen LogP contribution >= 0.6 is 11.3 Å². The zero-order valence-electron chi connectivity index (χ0n) is 11.1. The van der Waals surface area contributed by atoms with Crippen molar-refractivity contribution in [1.82, 2.24) is 9.88 Å². The van der Waals surface area contributed by atoms with E-state index in [-0.39, 0.29) is 23.9 Å². The van der Waals surface area contributed by atoms with Gasteiger partial charge >= 0.3 is 4.87 Å². The average molecular weight is 292 g/mol. The van der Waals surface area contributed by atoms with Gasteiger partial charge in [-0.2, -0.15) is 0 Å². The van der Waals surface area contributed by atoms with Gasteiger partial charge in [-0.05, 0) is 18.1 Å². The Morgan fingerprint density at radius 3 is 2.50 bits per heavy atom. The largest absolute Gasteiger partial charge is 0.392 e. The normalized spacial score (nSPS) is 10.5. The van der Waals surface area contributed by atoms with Crippen LogP contribution in [0.5, 0.6) is 0 Å². The van der Waals surface area contributed by atoms with Crippen LogP contribution in [0, 0.1) is 6.92 Å². The number of carbonyl (C=O) groups excluding carboxylic acids is 1. The smallest absolute Gasteiger partial charge is 0.307 e. The van der Waals surface area contributed by atoms with Gasteiger partial charge in [0.2, 0.25) is 5.91 Å². The van der Waals surface area contributed by atoms with Gasteiger partial charge in [-0.15, -0.1) is 0 Å². The number of hydrogen-bond acceptors (Lipinski definition) is 4. The molecular weight excluding hydrogens is 276 g/mol. The SMILES string of the molecule is Cc1csc(=O)n1CC(=O)NCc1ccc(CO)cc1. The topological polar surface area (TPSA) is 71.3 Å². The average Bonchev–Trinajstić information content (AvgIpc) is 2.77. The molecule has 0 aliphatic rings. The molecule has 0 saturated heterocycles. The molecule has 0 unspecified atom stereocenters. The summed E-state index contributed by atoms with van der Waals surface area (Å²) in [6, 6.07) is 7.34. The highest BCUT2D eigenvalue weighted by Gasteiger charge is 2.08. The minimum absolute atomic E-state index is 0.00693. The lowest BCUT2D eigenvalue weighted by Gasteiger charge is -2.07. The van der Waals surface area contributed by atoms with E-state index in [4.69, 9.17) is 5.11 Å². The zero-order valence-corrected chi connectivity index (χ0v) is 11.9. The van der Waals surface area contributed by atoms with E-state index in [0.717, 1.165) is 28.2 Å². The van der Waals surface area contributed by atoms with E-state index in [1.54, 1.807) is 12.3 Å². The van der Waals surface area contributed by atoms with Crippen molar-refractivity contribution in [3.63, 3.8) is 0 Å². The van der Waals surface area contributed by atoms with Crippen molar-refractivity contribution < 1.29 is 9.90 Å². The molecule has 1 aromatic heterocycles. The van der Waals surface area contributed by atoms with Gasteiger partial charge in [0.15, 0.2) is 0 Å². The van der Waals surface area contributed by atoms with E-state index in [2.05, 4.69) is 5.32 Å². The van der Waals surface area contributed by atoms with Crippen molar-refractivity contribution in [3.8, 4) is 0 Å². The van der Waals surface area contributed by atoms with Gasteiger partial charge in [0, 0.05) is 17.6 Å². The van der Waals surface area contributed by atoms with E-state index in [1.807, 2.05) is 24.3 Å². The van der Waals surface area contributed by atoms with Crippen LogP contribution in [0.1, 0.15) is 16.8 Å². The number of carbonyl (C=O) groups is 1. The molecule has 2 aromatic rings. The van der Waals surface area contributed by atoms with Crippen molar-refractivity contribution >= 4 is 17.2 Å². The van der Waals surface area contributed by atoms with Gasteiger partial charge < -0.3 is 10.4 Å². The van der Waals surface area contributed by atoms with Crippen molar-refractivity contribution in [3.05, 3.63) is 56.1 Å². The van der Waals surface area contributed by atoms with Crippen molar-refractivity contribution in [2.75, 3.05) is 0 Å². The maximum absolute atomic E-state index is 11.8. The number of aliphatic hydroxyl groups is 1. The van der Waals surface area contributed by atoms with Crippen LogP contribution in [-0.2, 0) is 24.5 Å². The van der Waals surface area contributed by atoms with Crippen molar-refractivity contribution in [2.45, 2.75) is 26.6 Å². The molecule has 20 heavy (non-hydrogen) atoms. The summed E-state index contributed by atoms with van der Waals surface area (Å²) in [4.78, 5) is 23.2. The Labute approximate surface area is 120 Å². The standard InChI is InChI=1S/C14H16N2O3S/c1-10-9-20-14(19)16(10)7-13(18)15-6-11-2-4-12(8-17)5-3-11/h2-5,9,17H,6-8H2,1H3,(H,15,18). The van der Waals surface area contributed by atoms with Crippen LogP contribution in [-0.4, -0.2) is 15.6 Å². The maximum Gasteiger partial charge on any atom is 0.307 e. The van der Waals surface area contributed by atoms with Crippen LogP contribution in [0.4, 0.5) is 0 Å². The monoisotopic (exact) mass is 292 g/mol. The Morgan fingerprint density at radius 1 is 1.30 bits per heavy atom. The molecule has 106 valence electrons. The Morgan fingerprint density at radius 2 is 1.95 bits per heavy atom. The first kappa shape index (κ1) is 14.5. The lowest BCUT2D eigenvalue weighted by atomic mass is 10.1. The van der Waals surface area contributed by atoms with Crippen LogP contribution in [0.2, 0.25) is 0 Å². The predicted molar refractivity (Wildman–Crippen MR) is 77.5 cm³/mol. The van der Waals surface area contributed by atoms with E-state index in [1.165, 1.54) is 4.57 Å². The third kappa shape index (κ3) is 3.55. The highest BCUT2D eigenvalue weighted by molar-refractivity contribution is 7.07. The number of aliphatic hydroxyl groups excluding tert-OH is 1. The Balaban J connectivity index is 1.90. The minimum Gasteiger partial charge on any atom is -0.392 e. The van der Waals surface area contributed by atoms with Crippen LogP contribution in [0.3, 0.4) is 0 Å². The van der Waals surface area contributed by atoms with Gasteiger partial charge in [-0.3, -0.25) is 14.2 Å². The lowest BCUT2D eigenvalue weighted by molar-refractivity contribution is -0.121. The van der Waals surface area contributed by atoms with Gasteiger partial charge in [-0.25, -0.2) is 0 Å². The number of amides is 1. The molecule has 0 bridgehead atoms. The number of nitrogens with zero attached hydrogens (tertiary/aromatic N) is 1. The Bertz CT molecular complexity index is 643. The molecule has 1 aromatic carbocycles. The molecule has 2 rings (SSSR count). The summed E-state index contributed by atoms with van der Waals surface area (Å²) in [6.07, 6.45) is 0. The van der Waals surface area contributed by atoms with E-state index in [0.29, 0.717) is 6.54 Å². The van der Waals surface area contributed by atoms with Gasteiger partial charge in [0.25, 0.3) is 0 Å². The zero-order chi connectivity index (χ0) is 14.5. The second-order valence-electron chi connectivity index (χ2n) is 4.48. The number of aryl methyl sites for hydroxylation is 1. The van der Waals surface area contributed by atoms with Crippen LogP contribution in [0.15, 0.2) is 34.4 Å². The summed E-state index contributed by atoms with van der Waals surface area (Å²) in [5, 5.41) is 13.5. The van der Waals surface area contributed by atoms with Gasteiger partial charge in [-0.1, -0.05) is 35.6 Å². The highest BCUT2D eigenvalue weighted by Crippen LogP contribution is 2.04. The number of rotatable bonds is 5. The second-order valence-corrected chi connectivity index (χ2v) is 5.30. The molecule has 0 aliphatic carbocycles. The summed E-state index contributed by atoms with van der Waals surface area (Å²) in [5.41, 5.74) is 2.58. The minimum atomic E-state index is -0.195. The number of benzene rings is 1.